The zero-order chi connectivity index (χ0) is 15.4. The topological polar surface area (TPSA) is 43.1 Å². The fraction of sp³-hybridized carbons (Fsp3) is 0.0667. The number of carbonyl (C=O) groups is 1. The summed E-state index contributed by atoms with van der Waals surface area (Å²) in [6.07, 6.45) is 1.63. The van der Waals surface area contributed by atoms with Gasteiger partial charge in [0.1, 0.15) is 5.82 Å². The molecule has 1 radical (unpaired) electrons. The predicted octanol–water partition coefficient (Wildman–Crippen LogP) is 4.52. The number of primary amides is 1. The Morgan fingerprint density at radius 2 is 1.86 bits per heavy atom. The molecule has 0 unspecified atom stereocenters. The number of nitrogens with two attached hydrogens (primary N) is 1. The van der Waals surface area contributed by atoms with Gasteiger partial charge in [0.15, 0.2) is 0 Å². The first-order valence-electron chi connectivity index (χ1n) is 6.00. The monoisotopic (exact) mass is 342 g/mol. The van der Waals surface area contributed by atoms with Crippen molar-refractivity contribution >= 4 is 40.9 Å². The summed E-state index contributed by atoms with van der Waals surface area (Å²) in [7, 11) is 0. The van der Waals surface area contributed by atoms with Crippen LogP contribution in [0.1, 0.15) is 5.56 Å². The van der Waals surface area contributed by atoms with E-state index < -0.39 is 5.91 Å². The molecular weight excluding hydrogens is 332 g/mol. The SMILES string of the molecule is NC(=O)[CH]Cc1c(Sc2ccc(F)cc2)ccc(Cl)c1Cl. The minimum absolute atomic E-state index is 0.290. The first kappa shape index (κ1) is 16.1. The van der Waals surface area contributed by atoms with Crippen molar-refractivity contribution in [2.24, 2.45) is 5.73 Å². The van der Waals surface area contributed by atoms with Gasteiger partial charge in [0.2, 0.25) is 5.91 Å². The summed E-state index contributed by atoms with van der Waals surface area (Å²) in [6.45, 7) is 0. The van der Waals surface area contributed by atoms with E-state index in [1.165, 1.54) is 30.3 Å². The average Bonchev–Trinajstić information content (AvgIpc) is 2.44. The molecule has 0 saturated carbocycles. The Balaban J connectivity index is 2.31. The highest BCUT2D eigenvalue weighted by Crippen LogP contribution is 2.37. The molecular formula is C15H11Cl2FNOS. The molecule has 2 rings (SSSR count). The van der Waals surface area contributed by atoms with Gasteiger partial charge in [-0.1, -0.05) is 35.0 Å². The Morgan fingerprint density at radius 3 is 2.48 bits per heavy atom. The second kappa shape index (κ2) is 7.16. The van der Waals surface area contributed by atoms with E-state index in [-0.39, 0.29) is 12.2 Å². The quantitative estimate of drug-likeness (QED) is 0.868. The molecule has 0 saturated heterocycles. The molecule has 0 fully saturated rings. The van der Waals surface area contributed by atoms with Crippen LogP contribution in [0.5, 0.6) is 0 Å². The van der Waals surface area contributed by atoms with Crippen LogP contribution in [0.15, 0.2) is 46.2 Å². The molecule has 0 bridgehead atoms. The van der Waals surface area contributed by atoms with Crippen molar-refractivity contribution < 1.29 is 9.18 Å². The molecule has 0 spiro atoms. The molecule has 6 heteroatoms. The summed E-state index contributed by atoms with van der Waals surface area (Å²) in [5, 5.41) is 0.800. The van der Waals surface area contributed by atoms with Gasteiger partial charge in [0.05, 0.1) is 16.5 Å². The number of hydrogen-bond acceptors (Lipinski definition) is 2. The maximum Gasteiger partial charge on any atom is 0.221 e. The minimum Gasteiger partial charge on any atom is -0.369 e. The van der Waals surface area contributed by atoms with Crippen LogP contribution < -0.4 is 5.73 Å². The number of rotatable bonds is 5. The van der Waals surface area contributed by atoms with Crippen LogP contribution in [0.25, 0.3) is 0 Å². The second-order valence-electron chi connectivity index (χ2n) is 4.20. The first-order chi connectivity index (χ1) is 9.97. The van der Waals surface area contributed by atoms with Gasteiger partial charge in [-0.3, -0.25) is 4.79 Å². The van der Waals surface area contributed by atoms with E-state index in [1.807, 2.05) is 6.07 Å². The average molecular weight is 343 g/mol. The lowest BCUT2D eigenvalue weighted by Crippen LogP contribution is -2.12. The van der Waals surface area contributed by atoms with Crippen molar-refractivity contribution in [2.45, 2.75) is 16.2 Å². The van der Waals surface area contributed by atoms with Crippen LogP contribution in [0.3, 0.4) is 0 Å². The van der Waals surface area contributed by atoms with E-state index in [2.05, 4.69) is 0 Å². The summed E-state index contributed by atoms with van der Waals surface area (Å²) >= 11 is 13.6. The number of carbonyl (C=O) groups excluding carboxylic acids is 1. The van der Waals surface area contributed by atoms with E-state index in [0.29, 0.717) is 10.0 Å². The zero-order valence-electron chi connectivity index (χ0n) is 10.8. The summed E-state index contributed by atoms with van der Waals surface area (Å²) in [5.74, 6) is -0.820. The van der Waals surface area contributed by atoms with Crippen molar-refractivity contribution in [1.29, 1.82) is 0 Å². The fourth-order valence-electron chi connectivity index (χ4n) is 1.69. The van der Waals surface area contributed by atoms with Crippen LogP contribution in [0.4, 0.5) is 4.39 Å². The molecule has 2 aromatic rings. The Kier molecular flexibility index (Phi) is 5.51. The number of hydrogen-bond donors (Lipinski definition) is 1. The van der Waals surface area contributed by atoms with Crippen molar-refractivity contribution in [3.8, 4) is 0 Å². The van der Waals surface area contributed by atoms with Crippen LogP contribution in [-0.2, 0) is 11.2 Å². The van der Waals surface area contributed by atoms with E-state index in [1.54, 1.807) is 18.2 Å². The van der Waals surface area contributed by atoms with Crippen molar-refractivity contribution in [3.05, 3.63) is 64.2 Å². The Morgan fingerprint density at radius 1 is 1.19 bits per heavy atom. The summed E-state index contributed by atoms with van der Waals surface area (Å²) in [4.78, 5) is 12.6. The maximum atomic E-state index is 12.9. The molecule has 109 valence electrons. The van der Waals surface area contributed by atoms with Gasteiger partial charge in [0, 0.05) is 9.79 Å². The Hall–Kier alpha value is -1.23. The molecule has 0 aliphatic carbocycles. The van der Waals surface area contributed by atoms with Gasteiger partial charge in [-0.2, -0.15) is 0 Å². The number of halogens is 3. The van der Waals surface area contributed by atoms with Crippen molar-refractivity contribution in [2.75, 3.05) is 0 Å². The van der Waals surface area contributed by atoms with Crippen LogP contribution in [-0.4, -0.2) is 5.91 Å². The lowest BCUT2D eigenvalue weighted by atomic mass is 10.1. The van der Waals surface area contributed by atoms with Gasteiger partial charge >= 0.3 is 0 Å². The van der Waals surface area contributed by atoms with Gasteiger partial charge in [-0.05, 0) is 48.4 Å². The predicted molar refractivity (Wildman–Crippen MR) is 84.2 cm³/mol. The summed E-state index contributed by atoms with van der Waals surface area (Å²) in [6, 6.07) is 9.61. The normalized spacial score (nSPS) is 10.6. The Labute approximate surface area is 136 Å². The van der Waals surface area contributed by atoms with E-state index in [0.717, 1.165) is 15.4 Å². The van der Waals surface area contributed by atoms with Crippen LogP contribution in [0.2, 0.25) is 10.0 Å². The number of benzene rings is 2. The van der Waals surface area contributed by atoms with Crippen molar-refractivity contribution in [1.82, 2.24) is 0 Å². The van der Waals surface area contributed by atoms with E-state index >= 15 is 0 Å². The molecule has 1 amide bonds. The van der Waals surface area contributed by atoms with Crippen LogP contribution in [0, 0.1) is 12.2 Å². The molecule has 0 aromatic heterocycles. The highest BCUT2D eigenvalue weighted by atomic mass is 35.5. The maximum absolute atomic E-state index is 12.9. The lowest BCUT2D eigenvalue weighted by Gasteiger charge is -2.12. The largest absolute Gasteiger partial charge is 0.369 e. The molecule has 21 heavy (non-hydrogen) atoms. The van der Waals surface area contributed by atoms with Gasteiger partial charge in [-0.15, -0.1) is 0 Å². The molecule has 0 aliphatic rings. The third-order valence-corrected chi connectivity index (χ3v) is 4.66. The summed E-state index contributed by atoms with van der Waals surface area (Å²) in [5.41, 5.74) is 5.85. The standard InChI is InChI=1S/C15H11Cl2FNOS/c16-12-6-7-13(11(15(12)17)5-8-14(19)20)21-10-3-1-9(18)2-4-10/h1-4,6-8H,5H2,(H2,19,20). The highest BCUT2D eigenvalue weighted by Gasteiger charge is 2.13. The first-order valence-corrected chi connectivity index (χ1v) is 7.57. The van der Waals surface area contributed by atoms with Gasteiger partial charge in [-0.25, -0.2) is 4.39 Å². The molecule has 2 nitrogen and oxygen atoms in total. The van der Waals surface area contributed by atoms with Crippen LogP contribution >= 0.6 is 35.0 Å². The van der Waals surface area contributed by atoms with Gasteiger partial charge < -0.3 is 5.73 Å². The molecule has 0 aliphatic heterocycles. The van der Waals surface area contributed by atoms with E-state index in [9.17, 15) is 9.18 Å². The lowest BCUT2D eigenvalue weighted by molar-refractivity contribution is -0.115. The Bertz CT molecular complexity index is 661. The van der Waals surface area contributed by atoms with Crippen molar-refractivity contribution in [3.63, 3.8) is 0 Å². The molecule has 0 heterocycles. The fourth-order valence-corrected chi connectivity index (χ4v) is 3.14. The molecule has 0 atom stereocenters. The summed E-state index contributed by atoms with van der Waals surface area (Å²) < 4.78 is 12.9. The third-order valence-electron chi connectivity index (χ3n) is 2.70. The minimum atomic E-state index is -0.524. The number of amides is 1. The zero-order valence-corrected chi connectivity index (χ0v) is 13.1. The second-order valence-corrected chi connectivity index (χ2v) is 6.11. The van der Waals surface area contributed by atoms with Gasteiger partial charge in [0.25, 0.3) is 0 Å². The molecule has 2 aromatic carbocycles. The molecule has 2 N–H and O–H groups in total. The van der Waals surface area contributed by atoms with E-state index in [4.69, 9.17) is 28.9 Å². The smallest absolute Gasteiger partial charge is 0.221 e. The third kappa shape index (κ3) is 4.37. The highest BCUT2D eigenvalue weighted by molar-refractivity contribution is 7.99.